The van der Waals surface area contributed by atoms with Crippen LogP contribution in [0.3, 0.4) is 0 Å². The van der Waals surface area contributed by atoms with Gasteiger partial charge in [0, 0.05) is 5.56 Å². The first-order chi connectivity index (χ1) is 7.25. The van der Waals surface area contributed by atoms with Gasteiger partial charge in [-0.3, -0.25) is 4.79 Å². The van der Waals surface area contributed by atoms with Crippen molar-refractivity contribution in [2.75, 3.05) is 0 Å². The molecule has 0 atom stereocenters. The number of carbonyl (C=O) groups excluding carboxylic acids is 1. The molecule has 0 saturated heterocycles. The molecule has 1 aromatic carbocycles. The standard InChI is InChI=1S/C13H12O2/c1-10(14)7-13-8-12(9-15-13)11-5-3-2-4-6-11/h2-6,8-9H,7H2,1H3. The molecule has 1 aromatic heterocycles. The van der Waals surface area contributed by atoms with Crippen molar-refractivity contribution in [1.29, 1.82) is 0 Å². The van der Waals surface area contributed by atoms with E-state index >= 15 is 0 Å². The fraction of sp³-hybridized carbons (Fsp3) is 0.154. The highest BCUT2D eigenvalue weighted by Gasteiger charge is 2.05. The number of benzene rings is 1. The normalized spacial score (nSPS) is 10.2. The Morgan fingerprint density at radius 3 is 2.60 bits per heavy atom. The van der Waals surface area contributed by atoms with Crippen LogP contribution in [0.5, 0.6) is 0 Å². The molecular weight excluding hydrogens is 188 g/mol. The Morgan fingerprint density at radius 1 is 1.20 bits per heavy atom. The molecule has 0 bridgehead atoms. The highest BCUT2D eigenvalue weighted by atomic mass is 16.3. The molecule has 0 N–H and O–H groups in total. The Hall–Kier alpha value is -1.83. The predicted octanol–water partition coefficient (Wildman–Crippen LogP) is 3.08. The van der Waals surface area contributed by atoms with E-state index in [0.717, 1.165) is 16.9 Å². The summed E-state index contributed by atoms with van der Waals surface area (Å²) in [5, 5.41) is 0. The lowest BCUT2D eigenvalue weighted by molar-refractivity contribution is -0.116. The van der Waals surface area contributed by atoms with Gasteiger partial charge in [-0.25, -0.2) is 0 Å². The van der Waals surface area contributed by atoms with Gasteiger partial charge in [-0.2, -0.15) is 0 Å². The molecule has 2 heteroatoms. The van der Waals surface area contributed by atoms with Gasteiger partial charge in [-0.1, -0.05) is 30.3 Å². The van der Waals surface area contributed by atoms with E-state index in [2.05, 4.69) is 0 Å². The van der Waals surface area contributed by atoms with Gasteiger partial charge in [0.2, 0.25) is 0 Å². The van der Waals surface area contributed by atoms with E-state index in [1.807, 2.05) is 36.4 Å². The minimum atomic E-state index is 0.115. The van der Waals surface area contributed by atoms with E-state index in [9.17, 15) is 4.79 Å². The number of ketones is 1. The SMILES string of the molecule is CC(=O)Cc1cc(-c2ccccc2)co1. The lowest BCUT2D eigenvalue weighted by Crippen LogP contribution is -1.93. The first kappa shape index (κ1) is 9.71. The second-order valence-electron chi connectivity index (χ2n) is 3.55. The van der Waals surface area contributed by atoms with Crippen molar-refractivity contribution in [3.8, 4) is 11.1 Å². The topological polar surface area (TPSA) is 30.2 Å². The number of rotatable bonds is 3. The van der Waals surface area contributed by atoms with Crippen molar-refractivity contribution >= 4 is 5.78 Å². The number of carbonyl (C=O) groups is 1. The molecule has 76 valence electrons. The van der Waals surface area contributed by atoms with E-state index in [-0.39, 0.29) is 5.78 Å². The van der Waals surface area contributed by atoms with Crippen molar-refractivity contribution in [1.82, 2.24) is 0 Å². The minimum Gasteiger partial charge on any atom is -0.468 e. The molecule has 0 saturated carbocycles. The van der Waals surface area contributed by atoms with Crippen molar-refractivity contribution < 1.29 is 9.21 Å². The van der Waals surface area contributed by atoms with E-state index in [4.69, 9.17) is 4.42 Å². The maximum absolute atomic E-state index is 10.9. The molecule has 0 aliphatic rings. The molecule has 2 aromatic rings. The quantitative estimate of drug-likeness (QED) is 0.762. The summed E-state index contributed by atoms with van der Waals surface area (Å²) in [5.41, 5.74) is 2.13. The minimum absolute atomic E-state index is 0.115. The first-order valence-corrected chi connectivity index (χ1v) is 4.88. The van der Waals surface area contributed by atoms with Crippen molar-refractivity contribution in [3.05, 3.63) is 48.4 Å². The van der Waals surface area contributed by atoms with Gasteiger partial charge in [-0.05, 0) is 18.6 Å². The number of hydrogen-bond donors (Lipinski definition) is 0. The molecule has 0 spiro atoms. The molecule has 0 aliphatic heterocycles. The van der Waals surface area contributed by atoms with Gasteiger partial charge in [0.1, 0.15) is 11.5 Å². The van der Waals surface area contributed by atoms with Crippen molar-refractivity contribution in [2.24, 2.45) is 0 Å². The molecule has 15 heavy (non-hydrogen) atoms. The van der Waals surface area contributed by atoms with Crippen molar-refractivity contribution in [2.45, 2.75) is 13.3 Å². The molecule has 2 rings (SSSR count). The zero-order chi connectivity index (χ0) is 10.7. The third-order valence-corrected chi connectivity index (χ3v) is 2.18. The zero-order valence-electron chi connectivity index (χ0n) is 8.57. The molecule has 0 unspecified atom stereocenters. The van der Waals surface area contributed by atoms with Gasteiger partial charge in [-0.15, -0.1) is 0 Å². The monoisotopic (exact) mass is 200 g/mol. The van der Waals surface area contributed by atoms with Gasteiger partial charge in [0.15, 0.2) is 0 Å². The van der Waals surface area contributed by atoms with Crippen LogP contribution in [0.25, 0.3) is 11.1 Å². The van der Waals surface area contributed by atoms with Crippen LogP contribution < -0.4 is 0 Å². The van der Waals surface area contributed by atoms with E-state index < -0.39 is 0 Å². The van der Waals surface area contributed by atoms with Crippen LogP contribution in [0.4, 0.5) is 0 Å². The largest absolute Gasteiger partial charge is 0.468 e. The van der Waals surface area contributed by atoms with Crippen LogP contribution in [0.15, 0.2) is 47.1 Å². The van der Waals surface area contributed by atoms with E-state index in [0.29, 0.717) is 6.42 Å². The maximum atomic E-state index is 10.9. The zero-order valence-corrected chi connectivity index (χ0v) is 8.57. The lowest BCUT2D eigenvalue weighted by Gasteiger charge is -1.93. The molecule has 2 nitrogen and oxygen atoms in total. The van der Waals surface area contributed by atoms with Gasteiger partial charge in [0.05, 0.1) is 12.7 Å². The summed E-state index contributed by atoms with van der Waals surface area (Å²) >= 11 is 0. The molecule has 1 heterocycles. The van der Waals surface area contributed by atoms with Gasteiger partial charge in [0.25, 0.3) is 0 Å². The number of hydrogen-bond acceptors (Lipinski definition) is 2. The Bertz CT molecular complexity index is 454. The highest BCUT2D eigenvalue weighted by molar-refractivity contribution is 5.78. The lowest BCUT2D eigenvalue weighted by atomic mass is 10.1. The summed E-state index contributed by atoms with van der Waals surface area (Å²) in [6.07, 6.45) is 2.06. The summed E-state index contributed by atoms with van der Waals surface area (Å²) in [6, 6.07) is 11.9. The van der Waals surface area contributed by atoms with Gasteiger partial charge < -0.3 is 4.42 Å². The Labute approximate surface area is 88.5 Å². The molecule has 0 aliphatic carbocycles. The Kier molecular flexibility index (Phi) is 2.68. The number of furan rings is 1. The summed E-state index contributed by atoms with van der Waals surface area (Å²) in [7, 11) is 0. The second-order valence-corrected chi connectivity index (χ2v) is 3.55. The smallest absolute Gasteiger partial charge is 0.137 e. The fourth-order valence-corrected chi connectivity index (χ4v) is 1.50. The summed E-state index contributed by atoms with van der Waals surface area (Å²) in [6.45, 7) is 1.56. The Balaban J connectivity index is 2.24. The molecule has 0 amide bonds. The third-order valence-electron chi connectivity index (χ3n) is 2.18. The fourth-order valence-electron chi connectivity index (χ4n) is 1.50. The average Bonchev–Trinajstić information content (AvgIpc) is 2.67. The molecular formula is C13H12O2. The summed E-state index contributed by atoms with van der Waals surface area (Å²) in [4.78, 5) is 10.9. The predicted molar refractivity (Wildman–Crippen MR) is 58.5 cm³/mol. The summed E-state index contributed by atoms with van der Waals surface area (Å²) in [5.74, 6) is 0.838. The van der Waals surface area contributed by atoms with E-state index in [1.54, 1.807) is 13.2 Å². The van der Waals surface area contributed by atoms with Crippen LogP contribution in [0.1, 0.15) is 12.7 Å². The second kappa shape index (κ2) is 4.13. The maximum Gasteiger partial charge on any atom is 0.137 e. The van der Waals surface area contributed by atoms with Crippen LogP contribution in [-0.2, 0) is 11.2 Å². The molecule has 0 radical (unpaired) electrons. The average molecular weight is 200 g/mol. The van der Waals surface area contributed by atoms with Crippen molar-refractivity contribution in [3.63, 3.8) is 0 Å². The van der Waals surface area contributed by atoms with Gasteiger partial charge >= 0.3 is 0 Å². The van der Waals surface area contributed by atoms with Crippen LogP contribution >= 0.6 is 0 Å². The van der Waals surface area contributed by atoms with E-state index in [1.165, 1.54) is 0 Å². The van der Waals surface area contributed by atoms with Crippen LogP contribution in [0.2, 0.25) is 0 Å². The third kappa shape index (κ3) is 2.34. The first-order valence-electron chi connectivity index (χ1n) is 4.88. The summed E-state index contributed by atoms with van der Waals surface area (Å²) < 4.78 is 5.31. The Morgan fingerprint density at radius 2 is 1.93 bits per heavy atom. The number of Topliss-reactive ketones (excluding diaryl/α,β-unsaturated/α-hetero) is 1. The van der Waals surface area contributed by atoms with Crippen LogP contribution in [0, 0.1) is 0 Å². The highest BCUT2D eigenvalue weighted by Crippen LogP contribution is 2.21. The van der Waals surface area contributed by atoms with Crippen LogP contribution in [-0.4, -0.2) is 5.78 Å². The molecule has 0 fully saturated rings.